The van der Waals surface area contributed by atoms with Crippen LogP contribution in [0.5, 0.6) is 17.2 Å². The first-order chi connectivity index (χ1) is 21.2. The first kappa shape index (κ1) is 32.0. The van der Waals surface area contributed by atoms with Crippen LogP contribution in [0.3, 0.4) is 0 Å². The second kappa shape index (κ2) is 13.7. The number of rotatable bonds is 9. The lowest BCUT2D eigenvalue weighted by Gasteiger charge is -2.25. The Balaban J connectivity index is 1.59. The van der Waals surface area contributed by atoms with Crippen molar-refractivity contribution in [1.82, 2.24) is 4.57 Å². The molecule has 0 unspecified atom stereocenters. The summed E-state index contributed by atoms with van der Waals surface area (Å²) in [6.07, 6.45) is 1.76. The van der Waals surface area contributed by atoms with Crippen LogP contribution < -0.4 is 29.1 Å². The molecule has 8 nitrogen and oxygen atoms in total. The molecule has 5 rings (SSSR count). The van der Waals surface area contributed by atoms with Gasteiger partial charge in [0.05, 0.1) is 51.6 Å². The molecule has 12 heteroatoms. The summed E-state index contributed by atoms with van der Waals surface area (Å²) in [6, 6.07) is 15.8. The zero-order valence-electron chi connectivity index (χ0n) is 24.2. The molecule has 1 aromatic heterocycles. The number of aromatic nitrogens is 1. The Kier molecular flexibility index (Phi) is 9.99. The van der Waals surface area contributed by atoms with Crippen molar-refractivity contribution >= 4 is 66.8 Å². The standard InChI is InChI=1S/C32H27Br2ClN2O6S/c1-5-42-31(39)27-17(2)36-32-37(28(27)19-10-11-24(40-3)21(33)15-19)30(38)26(44-32)14-18-12-22(34)29(25(13-18)41-4)43-16-20-8-6-7-9-23(20)35/h6-15,28H,5,16H2,1-4H3/b26-14+/t28-/m1/s1. The van der Waals surface area contributed by atoms with E-state index in [1.165, 1.54) is 15.9 Å². The average molecular weight is 763 g/mol. The highest BCUT2D eigenvalue weighted by Crippen LogP contribution is 2.38. The lowest BCUT2D eigenvalue weighted by Crippen LogP contribution is -2.40. The lowest BCUT2D eigenvalue weighted by atomic mass is 9.96. The maximum Gasteiger partial charge on any atom is 0.338 e. The number of thiazole rings is 1. The molecule has 228 valence electrons. The molecular weight excluding hydrogens is 736 g/mol. The normalized spacial score (nSPS) is 14.6. The van der Waals surface area contributed by atoms with Crippen molar-refractivity contribution in [3.8, 4) is 17.2 Å². The summed E-state index contributed by atoms with van der Waals surface area (Å²) in [7, 11) is 3.12. The van der Waals surface area contributed by atoms with Crippen molar-refractivity contribution < 1.29 is 23.7 Å². The molecule has 1 aliphatic heterocycles. The number of carbonyl (C=O) groups is 1. The summed E-state index contributed by atoms with van der Waals surface area (Å²) >= 11 is 14.7. The summed E-state index contributed by atoms with van der Waals surface area (Å²) in [4.78, 5) is 32.3. The number of benzene rings is 3. The third kappa shape index (κ3) is 6.37. The fraction of sp³-hybridized carbons (Fsp3) is 0.219. The number of nitrogens with zero attached hydrogens (tertiary/aromatic N) is 2. The van der Waals surface area contributed by atoms with Gasteiger partial charge in [0.1, 0.15) is 12.4 Å². The molecule has 0 radical (unpaired) electrons. The van der Waals surface area contributed by atoms with Gasteiger partial charge in [-0.15, -0.1) is 0 Å². The SMILES string of the molecule is CCOC(=O)C1=C(C)N=c2s/c(=C/c3cc(Br)c(OCc4ccccc4Cl)c(OC)c3)c(=O)n2[C@@H]1c1ccc(OC)c(Br)c1. The van der Waals surface area contributed by atoms with E-state index in [0.717, 1.165) is 5.56 Å². The van der Waals surface area contributed by atoms with E-state index in [1.807, 2.05) is 36.4 Å². The molecule has 0 bridgehead atoms. The van der Waals surface area contributed by atoms with E-state index >= 15 is 0 Å². The molecule has 1 aliphatic rings. The second-order valence-electron chi connectivity index (χ2n) is 9.61. The first-order valence-corrected chi connectivity index (χ1v) is 16.2. The maximum absolute atomic E-state index is 14.0. The second-order valence-corrected chi connectivity index (χ2v) is 12.7. The topological polar surface area (TPSA) is 88.4 Å². The third-order valence-corrected chi connectivity index (χ3v) is 9.45. The van der Waals surface area contributed by atoms with Crippen LogP contribution in [0.2, 0.25) is 5.02 Å². The van der Waals surface area contributed by atoms with E-state index < -0.39 is 12.0 Å². The van der Waals surface area contributed by atoms with Gasteiger partial charge in [-0.2, -0.15) is 0 Å². The van der Waals surface area contributed by atoms with Crippen molar-refractivity contribution in [2.75, 3.05) is 20.8 Å². The molecule has 0 N–H and O–H groups in total. The quantitative estimate of drug-likeness (QED) is 0.179. The van der Waals surface area contributed by atoms with Gasteiger partial charge in [-0.05, 0) is 93.2 Å². The highest BCUT2D eigenvalue weighted by Gasteiger charge is 2.33. The van der Waals surface area contributed by atoms with Crippen molar-refractivity contribution in [2.45, 2.75) is 26.5 Å². The van der Waals surface area contributed by atoms with Crippen molar-refractivity contribution in [1.29, 1.82) is 0 Å². The molecule has 0 amide bonds. The molecule has 0 aliphatic carbocycles. The summed E-state index contributed by atoms with van der Waals surface area (Å²) in [5.41, 5.74) is 2.73. The Morgan fingerprint density at radius 2 is 1.82 bits per heavy atom. The Morgan fingerprint density at radius 3 is 2.50 bits per heavy atom. The molecule has 1 atom stereocenters. The summed E-state index contributed by atoms with van der Waals surface area (Å²) in [5.74, 6) is 1.08. The van der Waals surface area contributed by atoms with Gasteiger partial charge in [0.2, 0.25) is 0 Å². The van der Waals surface area contributed by atoms with Gasteiger partial charge in [0.25, 0.3) is 5.56 Å². The minimum absolute atomic E-state index is 0.188. The van der Waals surface area contributed by atoms with Gasteiger partial charge in [-0.3, -0.25) is 9.36 Å². The average Bonchev–Trinajstić information content (AvgIpc) is 3.30. The number of methoxy groups -OCH3 is 2. The van der Waals surface area contributed by atoms with Crippen LogP contribution in [0.15, 0.2) is 84.6 Å². The summed E-state index contributed by atoms with van der Waals surface area (Å²) in [5, 5.41) is 0.608. The molecule has 3 aromatic carbocycles. The van der Waals surface area contributed by atoms with E-state index in [0.29, 0.717) is 62.9 Å². The van der Waals surface area contributed by atoms with Gasteiger partial charge >= 0.3 is 5.97 Å². The van der Waals surface area contributed by atoms with Crippen LogP contribution in [-0.4, -0.2) is 31.4 Å². The molecular formula is C32H27Br2ClN2O6S. The van der Waals surface area contributed by atoms with Crippen molar-refractivity contribution in [2.24, 2.45) is 4.99 Å². The monoisotopic (exact) mass is 760 g/mol. The van der Waals surface area contributed by atoms with E-state index in [4.69, 9.17) is 30.5 Å². The van der Waals surface area contributed by atoms with Crippen LogP contribution in [0.1, 0.15) is 36.6 Å². The number of ether oxygens (including phenoxy) is 4. The molecule has 0 spiro atoms. The van der Waals surface area contributed by atoms with Crippen LogP contribution in [0, 0.1) is 0 Å². The largest absolute Gasteiger partial charge is 0.496 e. The Morgan fingerprint density at radius 1 is 1.07 bits per heavy atom. The molecule has 2 heterocycles. The van der Waals surface area contributed by atoms with Crippen LogP contribution in [0.4, 0.5) is 0 Å². The number of esters is 1. The zero-order chi connectivity index (χ0) is 31.5. The predicted molar refractivity (Wildman–Crippen MR) is 178 cm³/mol. The zero-order valence-corrected chi connectivity index (χ0v) is 28.9. The van der Waals surface area contributed by atoms with Crippen LogP contribution >= 0.6 is 54.8 Å². The van der Waals surface area contributed by atoms with Crippen LogP contribution in [0.25, 0.3) is 6.08 Å². The van der Waals surface area contributed by atoms with Gasteiger partial charge in [0.15, 0.2) is 16.3 Å². The summed E-state index contributed by atoms with van der Waals surface area (Å²) < 4.78 is 25.8. The molecule has 0 fully saturated rings. The first-order valence-electron chi connectivity index (χ1n) is 13.4. The van der Waals surface area contributed by atoms with Crippen LogP contribution in [-0.2, 0) is 16.1 Å². The van der Waals surface area contributed by atoms with Gasteiger partial charge in [-0.25, -0.2) is 9.79 Å². The van der Waals surface area contributed by atoms with Crippen molar-refractivity contribution in [3.05, 3.63) is 116 Å². The Hall–Kier alpha value is -3.38. The van der Waals surface area contributed by atoms with Crippen molar-refractivity contribution in [3.63, 3.8) is 0 Å². The Labute approximate surface area is 279 Å². The highest BCUT2D eigenvalue weighted by molar-refractivity contribution is 9.11. The lowest BCUT2D eigenvalue weighted by molar-refractivity contribution is -0.139. The highest BCUT2D eigenvalue weighted by atomic mass is 79.9. The van der Waals surface area contributed by atoms with E-state index in [9.17, 15) is 9.59 Å². The Bertz CT molecular complexity index is 1970. The van der Waals surface area contributed by atoms with E-state index in [-0.39, 0.29) is 18.8 Å². The minimum Gasteiger partial charge on any atom is -0.496 e. The fourth-order valence-corrected chi connectivity index (χ4v) is 7.21. The van der Waals surface area contributed by atoms with Gasteiger partial charge in [-0.1, -0.05) is 47.2 Å². The number of hydrogen-bond acceptors (Lipinski definition) is 8. The molecule has 4 aromatic rings. The van der Waals surface area contributed by atoms with Gasteiger partial charge in [0, 0.05) is 10.6 Å². The van der Waals surface area contributed by atoms with Gasteiger partial charge < -0.3 is 18.9 Å². The third-order valence-electron chi connectivity index (χ3n) is 6.89. The molecule has 0 saturated carbocycles. The minimum atomic E-state index is -0.753. The smallest absolute Gasteiger partial charge is 0.338 e. The summed E-state index contributed by atoms with van der Waals surface area (Å²) in [6.45, 7) is 3.92. The molecule has 44 heavy (non-hydrogen) atoms. The number of allylic oxidation sites excluding steroid dienone is 1. The number of fused-ring (bicyclic) bond motifs is 1. The number of carbonyl (C=O) groups excluding carboxylic acids is 1. The van der Waals surface area contributed by atoms with E-state index in [2.05, 4.69) is 36.9 Å². The fourth-order valence-electron chi connectivity index (χ4n) is 4.84. The number of hydrogen-bond donors (Lipinski definition) is 0. The number of halogens is 3. The molecule has 0 saturated heterocycles. The predicted octanol–water partition coefficient (Wildman–Crippen LogP) is 6.57. The maximum atomic E-state index is 14.0. The van der Waals surface area contributed by atoms with E-state index in [1.54, 1.807) is 52.3 Å².